The number of carboxylic acid groups (broad SMARTS) is 1. The number of carbonyl (C=O) groups excluding carboxylic acids is 1. The van der Waals surface area contributed by atoms with E-state index in [9.17, 15) is 9.59 Å². The molecule has 0 heterocycles. The summed E-state index contributed by atoms with van der Waals surface area (Å²) in [5.74, 6) is -0.981. The minimum absolute atomic E-state index is 0.0688. The number of primary amides is 1. The lowest BCUT2D eigenvalue weighted by Crippen LogP contribution is -2.13. The maximum Gasteiger partial charge on any atom is 0.339 e. The standard InChI is InChI=1S/C18H19NO5/c1-3-8-24-15-7-5-11(9-14(15)17(19)20)12-4-6-13(18(21)22)16(10-12)23-2/h4-7,9-10H,3,8H2,1-2H3,(H2,19,20)(H,21,22). The topological polar surface area (TPSA) is 98.8 Å². The Labute approximate surface area is 139 Å². The third kappa shape index (κ3) is 3.65. The maximum absolute atomic E-state index is 11.7. The number of ether oxygens (including phenoxy) is 2. The van der Waals surface area contributed by atoms with Gasteiger partial charge in [-0.1, -0.05) is 19.1 Å². The number of carboxylic acids is 1. The molecule has 0 aliphatic rings. The van der Waals surface area contributed by atoms with Crippen molar-refractivity contribution in [2.75, 3.05) is 13.7 Å². The number of hydrogen-bond donors (Lipinski definition) is 2. The van der Waals surface area contributed by atoms with Gasteiger partial charge in [0.2, 0.25) is 0 Å². The molecule has 0 aliphatic heterocycles. The number of nitrogens with two attached hydrogens (primary N) is 1. The molecule has 0 unspecified atom stereocenters. The van der Waals surface area contributed by atoms with Crippen LogP contribution in [0.15, 0.2) is 36.4 Å². The monoisotopic (exact) mass is 329 g/mol. The van der Waals surface area contributed by atoms with Gasteiger partial charge in [0, 0.05) is 0 Å². The first-order chi connectivity index (χ1) is 11.5. The van der Waals surface area contributed by atoms with Gasteiger partial charge in [-0.25, -0.2) is 4.79 Å². The molecule has 0 aliphatic carbocycles. The average Bonchev–Trinajstić information content (AvgIpc) is 2.58. The minimum atomic E-state index is -1.07. The van der Waals surface area contributed by atoms with Gasteiger partial charge in [-0.3, -0.25) is 4.79 Å². The highest BCUT2D eigenvalue weighted by Gasteiger charge is 2.15. The van der Waals surface area contributed by atoms with Crippen molar-refractivity contribution >= 4 is 11.9 Å². The summed E-state index contributed by atoms with van der Waals surface area (Å²) in [7, 11) is 1.40. The largest absolute Gasteiger partial charge is 0.496 e. The van der Waals surface area contributed by atoms with Crippen molar-refractivity contribution in [2.24, 2.45) is 5.73 Å². The van der Waals surface area contributed by atoms with Crippen LogP contribution in [-0.4, -0.2) is 30.7 Å². The normalized spacial score (nSPS) is 10.2. The predicted octanol–water partition coefficient (Wildman–Crippen LogP) is 2.95. The van der Waals surface area contributed by atoms with Crippen LogP contribution in [0.5, 0.6) is 11.5 Å². The number of aromatic carboxylic acids is 1. The number of methoxy groups -OCH3 is 1. The van der Waals surface area contributed by atoms with Crippen molar-refractivity contribution in [3.8, 4) is 22.6 Å². The molecule has 1 amide bonds. The highest BCUT2D eigenvalue weighted by Crippen LogP contribution is 2.30. The van der Waals surface area contributed by atoms with Gasteiger partial charge in [0.25, 0.3) is 5.91 Å². The molecule has 0 atom stereocenters. The molecule has 126 valence electrons. The van der Waals surface area contributed by atoms with Crippen LogP contribution >= 0.6 is 0 Å². The molecule has 2 aromatic carbocycles. The number of rotatable bonds is 7. The van der Waals surface area contributed by atoms with E-state index in [4.69, 9.17) is 20.3 Å². The molecular weight excluding hydrogens is 310 g/mol. The lowest BCUT2D eigenvalue weighted by Gasteiger charge is -2.12. The molecule has 3 N–H and O–H groups in total. The molecule has 0 aromatic heterocycles. The average molecular weight is 329 g/mol. The van der Waals surface area contributed by atoms with Crippen LogP contribution in [-0.2, 0) is 0 Å². The van der Waals surface area contributed by atoms with Crippen molar-refractivity contribution in [3.05, 3.63) is 47.5 Å². The first-order valence-electron chi connectivity index (χ1n) is 7.46. The van der Waals surface area contributed by atoms with Gasteiger partial charge in [0.15, 0.2) is 0 Å². The van der Waals surface area contributed by atoms with Crippen molar-refractivity contribution in [1.82, 2.24) is 0 Å². The summed E-state index contributed by atoms with van der Waals surface area (Å²) in [6.45, 7) is 2.45. The van der Waals surface area contributed by atoms with E-state index < -0.39 is 11.9 Å². The molecule has 0 fully saturated rings. The van der Waals surface area contributed by atoms with Crippen LogP contribution in [0, 0.1) is 0 Å². The van der Waals surface area contributed by atoms with E-state index >= 15 is 0 Å². The fourth-order valence-corrected chi connectivity index (χ4v) is 2.29. The van der Waals surface area contributed by atoms with E-state index in [1.165, 1.54) is 13.2 Å². The third-order valence-corrected chi connectivity index (χ3v) is 3.47. The van der Waals surface area contributed by atoms with Crippen molar-refractivity contribution in [3.63, 3.8) is 0 Å². The van der Waals surface area contributed by atoms with Gasteiger partial charge < -0.3 is 20.3 Å². The fraction of sp³-hybridized carbons (Fsp3) is 0.222. The number of amides is 1. The molecule has 0 saturated heterocycles. The summed E-state index contributed by atoms with van der Waals surface area (Å²) in [4.78, 5) is 22.8. The SMILES string of the molecule is CCCOc1ccc(-c2ccc(C(=O)O)c(OC)c2)cc1C(N)=O. The van der Waals surface area contributed by atoms with Gasteiger partial charge >= 0.3 is 5.97 Å². The Balaban J connectivity index is 2.47. The summed E-state index contributed by atoms with van der Waals surface area (Å²) < 4.78 is 10.7. The highest BCUT2D eigenvalue weighted by atomic mass is 16.5. The highest BCUT2D eigenvalue weighted by molar-refractivity contribution is 5.97. The zero-order valence-corrected chi connectivity index (χ0v) is 13.5. The van der Waals surface area contributed by atoms with Crippen LogP contribution in [0.25, 0.3) is 11.1 Å². The summed E-state index contributed by atoms with van der Waals surface area (Å²) in [6, 6.07) is 9.81. The molecule has 24 heavy (non-hydrogen) atoms. The third-order valence-electron chi connectivity index (χ3n) is 3.47. The molecule has 6 heteroatoms. The molecule has 6 nitrogen and oxygen atoms in total. The Bertz CT molecular complexity index is 770. The van der Waals surface area contributed by atoms with E-state index in [2.05, 4.69) is 0 Å². The van der Waals surface area contributed by atoms with Crippen LogP contribution in [0.3, 0.4) is 0 Å². The van der Waals surface area contributed by atoms with Gasteiger partial charge in [-0.2, -0.15) is 0 Å². The van der Waals surface area contributed by atoms with Crippen molar-refractivity contribution in [2.45, 2.75) is 13.3 Å². The van der Waals surface area contributed by atoms with Gasteiger partial charge in [0.05, 0.1) is 19.3 Å². The zero-order chi connectivity index (χ0) is 17.7. The van der Waals surface area contributed by atoms with Crippen LogP contribution in [0.2, 0.25) is 0 Å². The Morgan fingerprint density at radius 1 is 1.04 bits per heavy atom. The summed E-state index contributed by atoms with van der Waals surface area (Å²) in [6.07, 6.45) is 0.813. The summed E-state index contributed by atoms with van der Waals surface area (Å²) >= 11 is 0. The van der Waals surface area contributed by atoms with E-state index in [0.29, 0.717) is 23.5 Å². The van der Waals surface area contributed by atoms with Gasteiger partial charge in [-0.05, 0) is 41.8 Å². The number of benzene rings is 2. The first-order valence-corrected chi connectivity index (χ1v) is 7.46. The lowest BCUT2D eigenvalue weighted by molar-refractivity contribution is 0.0693. The number of hydrogen-bond acceptors (Lipinski definition) is 4. The molecular formula is C18H19NO5. The molecule has 0 radical (unpaired) electrons. The smallest absolute Gasteiger partial charge is 0.339 e. The van der Waals surface area contributed by atoms with Crippen molar-refractivity contribution in [1.29, 1.82) is 0 Å². The number of carbonyl (C=O) groups is 2. The van der Waals surface area contributed by atoms with Crippen LogP contribution in [0.4, 0.5) is 0 Å². The Kier molecular flexibility index (Phi) is 5.42. The first kappa shape index (κ1) is 17.3. The quantitative estimate of drug-likeness (QED) is 0.813. The zero-order valence-electron chi connectivity index (χ0n) is 13.5. The van der Waals surface area contributed by atoms with E-state index in [1.54, 1.807) is 30.3 Å². The Morgan fingerprint density at radius 2 is 1.71 bits per heavy atom. The second-order valence-electron chi connectivity index (χ2n) is 5.14. The molecule has 0 saturated carbocycles. The second kappa shape index (κ2) is 7.50. The fourth-order valence-electron chi connectivity index (χ4n) is 2.29. The van der Waals surface area contributed by atoms with Crippen molar-refractivity contribution < 1.29 is 24.2 Å². The maximum atomic E-state index is 11.7. The van der Waals surface area contributed by atoms with Crippen LogP contribution in [0.1, 0.15) is 34.1 Å². The van der Waals surface area contributed by atoms with E-state index in [0.717, 1.165) is 6.42 Å². The summed E-state index contributed by atoms with van der Waals surface area (Å²) in [5.41, 5.74) is 7.20. The molecule has 0 spiro atoms. The second-order valence-corrected chi connectivity index (χ2v) is 5.14. The predicted molar refractivity (Wildman–Crippen MR) is 89.7 cm³/mol. The van der Waals surface area contributed by atoms with Gasteiger partial charge in [-0.15, -0.1) is 0 Å². The Hall–Kier alpha value is -3.02. The van der Waals surface area contributed by atoms with E-state index in [1.807, 2.05) is 6.92 Å². The molecule has 2 aromatic rings. The molecule has 0 bridgehead atoms. The van der Waals surface area contributed by atoms with Crippen LogP contribution < -0.4 is 15.2 Å². The lowest BCUT2D eigenvalue weighted by atomic mass is 10.00. The minimum Gasteiger partial charge on any atom is -0.496 e. The Morgan fingerprint density at radius 3 is 2.29 bits per heavy atom. The van der Waals surface area contributed by atoms with E-state index in [-0.39, 0.29) is 16.9 Å². The summed E-state index contributed by atoms with van der Waals surface area (Å²) in [5, 5.41) is 9.14. The van der Waals surface area contributed by atoms with Gasteiger partial charge in [0.1, 0.15) is 17.1 Å². The molecule has 2 rings (SSSR count).